The van der Waals surface area contributed by atoms with Gasteiger partial charge < -0.3 is 4.90 Å². The first kappa shape index (κ1) is 12.9. The molecular formula is C11H17N5OS. The van der Waals surface area contributed by atoms with Crippen LogP contribution in [-0.4, -0.2) is 43.7 Å². The standard InChI is InChI=1S/C11H17N5OS/c1-4-6-15(7-5-2)10(17)9-14-16-8(3)12-13-11(16)18-9/h4-7H2,1-3H3. The molecule has 0 unspecified atom stereocenters. The van der Waals surface area contributed by atoms with Crippen molar-refractivity contribution < 1.29 is 4.79 Å². The largest absolute Gasteiger partial charge is 0.337 e. The molecule has 0 saturated heterocycles. The molecule has 98 valence electrons. The Morgan fingerprint density at radius 2 is 1.94 bits per heavy atom. The topological polar surface area (TPSA) is 63.4 Å². The molecule has 0 N–H and O–H groups in total. The maximum absolute atomic E-state index is 12.3. The summed E-state index contributed by atoms with van der Waals surface area (Å²) in [6.45, 7) is 7.50. The monoisotopic (exact) mass is 267 g/mol. The number of nitrogens with zero attached hydrogens (tertiary/aromatic N) is 5. The third-order valence-corrected chi connectivity index (χ3v) is 3.49. The predicted octanol–water partition coefficient (Wildman–Crippen LogP) is 1.76. The van der Waals surface area contributed by atoms with E-state index < -0.39 is 0 Å². The summed E-state index contributed by atoms with van der Waals surface area (Å²) >= 11 is 1.29. The molecule has 0 aromatic carbocycles. The van der Waals surface area contributed by atoms with Gasteiger partial charge in [-0.3, -0.25) is 4.79 Å². The van der Waals surface area contributed by atoms with Gasteiger partial charge in [-0.2, -0.15) is 4.52 Å². The molecule has 0 saturated carbocycles. The minimum absolute atomic E-state index is 0.00593. The van der Waals surface area contributed by atoms with Gasteiger partial charge in [0.15, 0.2) is 5.82 Å². The Labute approximate surface area is 110 Å². The Bertz CT molecular complexity index is 541. The van der Waals surface area contributed by atoms with Gasteiger partial charge in [-0.15, -0.1) is 15.3 Å². The molecular weight excluding hydrogens is 250 g/mol. The highest BCUT2D eigenvalue weighted by Gasteiger charge is 2.20. The number of rotatable bonds is 5. The molecule has 0 spiro atoms. The highest BCUT2D eigenvalue weighted by atomic mass is 32.1. The van der Waals surface area contributed by atoms with E-state index in [2.05, 4.69) is 29.1 Å². The van der Waals surface area contributed by atoms with E-state index in [1.165, 1.54) is 11.3 Å². The molecule has 0 radical (unpaired) electrons. The second-order valence-electron chi connectivity index (χ2n) is 4.14. The summed E-state index contributed by atoms with van der Waals surface area (Å²) in [7, 11) is 0. The molecule has 1 amide bonds. The van der Waals surface area contributed by atoms with Crippen molar-refractivity contribution in [2.24, 2.45) is 0 Å². The van der Waals surface area contributed by atoms with Crippen molar-refractivity contribution in [3.63, 3.8) is 0 Å². The molecule has 18 heavy (non-hydrogen) atoms. The van der Waals surface area contributed by atoms with Crippen LogP contribution in [0.1, 0.15) is 42.3 Å². The SMILES string of the molecule is CCCN(CCC)C(=O)c1nn2c(C)nnc2s1. The molecule has 2 rings (SSSR count). The lowest BCUT2D eigenvalue weighted by Gasteiger charge is -2.19. The van der Waals surface area contributed by atoms with Crippen LogP contribution in [0.5, 0.6) is 0 Å². The van der Waals surface area contributed by atoms with Gasteiger partial charge in [0.25, 0.3) is 5.91 Å². The quantitative estimate of drug-likeness (QED) is 0.828. The third-order valence-electron chi connectivity index (χ3n) is 2.60. The van der Waals surface area contributed by atoms with E-state index >= 15 is 0 Å². The first-order valence-electron chi connectivity index (χ1n) is 6.15. The van der Waals surface area contributed by atoms with Crippen LogP contribution in [-0.2, 0) is 0 Å². The zero-order chi connectivity index (χ0) is 13.1. The highest BCUT2D eigenvalue weighted by molar-refractivity contribution is 7.18. The summed E-state index contributed by atoms with van der Waals surface area (Å²) in [4.78, 5) is 14.8. The van der Waals surface area contributed by atoms with E-state index in [4.69, 9.17) is 0 Å². The minimum Gasteiger partial charge on any atom is -0.337 e. The first-order chi connectivity index (χ1) is 8.67. The molecule has 7 heteroatoms. The van der Waals surface area contributed by atoms with E-state index in [0.29, 0.717) is 15.8 Å². The molecule has 2 aromatic rings. The van der Waals surface area contributed by atoms with Crippen LogP contribution in [0.3, 0.4) is 0 Å². The van der Waals surface area contributed by atoms with Crippen molar-refractivity contribution in [2.75, 3.05) is 13.1 Å². The van der Waals surface area contributed by atoms with Crippen molar-refractivity contribution in [1.82, 2.24) is 24.7 Å². The number of hydrogen-bond donors (Lipinski definition) is 0. The van der Waals surface area contributed by atoms with Crippen LogP contribution in [0.15, 0.2) is 0 Å². The van der Waals surface area contributed by atoms with E-state index in [-0.39, 0.29) is 5.91 Å². The number of carbonyl (C=O) groups is 1. The van der Waals surface area contributed by atoms with Crippen molar-refractivity contribution in [3.05, 3.63) is 10.8 Å². The molecule has 2 aromatic heterocycles. The first-order valence-corrected chi connectivity index (χ1v) is 6.97. The molecule has 0 aliphatic heterocycles. The number of fused-ring (bicyclic) bond motifs is 1. The molecule has 2 heterocycles. The fourth-order valence-corrected chi connectivity index (χ4v) is 2.64. The van der Waals surface area contributed by atoms with Crippen LogP contribution in [0.4, 0.5) is 0 Å². The summed E-state index contributed by atoms with van der Waals surface area (Å²) in [6.07, 6.45) is 1.91. The smallest absolute Gasteiger partial charge is 0.284 e. The number of aryl methyl sites for hydroxylation is 1. The summed E-state index contributed by atoms with van der Waals surface area (Å²) < 4.78 is 1.62. The van der Waals surface area contributed by atoms with Crippen LogP contribution < -0.4 is 0 Å². The van der Waals surface area contributed by atoms with Gasteiger partial charge in [0.2, 0.25) is 9.97 Å². The second kappa shape index (κ2) is 5.43. The number of amides is 1. The van der Waals surface area contributed by atoms with Crippen LogP contribution in [0.25, 0.3) is 4.96 Å². The van der Waals surface area contributed by atoms with E-state index in [1.807, 2.05) is 11.8 Å². The Kier molecular flexibility index (Phi) is 3.90. The molecule has 0 fully saturated rings. The van der Waals surface area contributed by atoms with Crippen molar-refractivity contribution >= 4 is 22.2 Å². The molecule has 0 aliphatic rings. The summed E-state index contributed by atoms with van der Waals surface area (Å²) in [6, 6.07) is 0. The second-order valence-corrected chi connectivity index (χ2v) is 5.10. The van der Waals surface area contributed by atoms with Gasteiger partial charge in [-0.25, -0.2) is 0 Å². The molecule has 0 aliphatic carbocycles. The number of hydrogen-bond acceptors (Lipinski definition) is 5. The number of aromatic nitrogens is 4. The van der Waals surface area contributed by atoms with Crippen molar-refractivity contribution in [3.8, 4) is 0 Å². The lowest BCUT2D eigenvalue weighted by molar-refractivity contribution is 0.0754. The van der Waals surface area contributed by atoms with Crippen molar-refractivity contribution in [2.45, 2.75) is 33.6 Å². The summed E-state index contributed by atoms with van der Waals surface area (Å²) in [5, 5.41) is 12.6. The fourth-order valence-electron chi connectivity index (χ4n) is 1.79. The van der Waals surface area contributed by atoms with Gasteiger partial charge >= 0.3 is 0 Å². The highest BCUT2D eigenvalue weighted by Crippen LogP contribution is 2.16. The molecule has 6 nitrogen and oxygen atoms in total. The van der Waals surface area contributed by atoms with E-state index in [0.717, 1.165) is 25.9 Å². The third kappa shape index (κ3) is 2.35. The van der Waals surface area contributed by atoms with E-state index in [1.54, 1.807) is 4.52 Å². The Morgan fingerprint density at radius 3 is 2.50 bits per heavy atom. The van der Waals surface area contributed by atoms with Crippen LogP contribution >= 0.6 is 11.3 Å². The summed E-state index contributed by atoms with van der Waals surface area (Å²) in [5.74, 6) is 0.700. The van der Waals surface area contributed by atoms with Gasteiger partial charge in [-0.1, -0.05) is 25.2 Å². The fraction of sp³-hybridized carbons (Fsp3) is 0.636. The molecule has 0 bridgehead atoms. The Hall–Kier alpha value is -1.50. The zero-order valence-electron chi connectivity index (χ0n) is 10.9. The normalized spacial score (nSPS) is 11.1. The maximum Gasteiger partial charge on any atom is 0.284 e. The van der Waals surface area contributed by atoms with Gasteiger partial charge in [-0.05, 0) is 19.8 Å². The zero-order valence-corrected chi connectivity index (χ0v) is 11.7. The Balaban J connectivity index is 2.25. The summed E-state index contributed by atoms with van der Waals surface area (Å²) in [5.41, 5.74) is 0. The van der Waals surface area contributed by atoms with Gasteiger partial charge in [0.1, 0.15) is 0 Å². The van der Waals surface area contributed by atoms with Crippen molar-refractivity contribution in [1.29, 1.82) is 0 Å². The predicted molar refractivity (Wildman–Crippen MR) is 69.9 cm³/mol. The lowest BCUT2D eigenvalue weighted by atomic mass is 10.3. The van der Waals surface area contributed by atoms with E-state index in [9.17, 15) is 4.79 Å². The van der Waals surface area contributed by atoms with Gasteiger partial charge in [0, 0.05) is 13.1 Å². The average molecular weight is 267 g/mol. The Morgan fingerprint density at radius 1 is 1.28 bits per heavy atom. The average Bonchev–Trinajstić information content (AvgIpc) is 2.91. The van der Waals surface area contributed by atoms with Crippen LogP contribution in [0.2, 0.25) is 0 Å². The van der Waals surface area contributed by atoms with Gasteiger partial charge in [0.05, 0.1) is 0 Å². The number of carbonyl (C=O) groups excluding carboxylic acids is 1. The maximum atomic E-state index is 12.3. The minimum atomic E-state index is -0.00593. The molecule has 0 atom stereocenters. The van der Waals surface area contributed by atoms with Crippen LogP contribution in [0, 0.1) is 6.92 Å². The lowest BCUT2D eigenvalue weighted by Crippen LogP contribution is -2.32.